The molecule has 0 aromatic heterocycles. The van der Waals surface area contributed by atoms with E-state index in [0.29, 0.717) is 10.7 Å². The van der Waals surface area contributed by atoms with Gasteiger partial charge >= 0.3 is 6.09 Å². The average Bonchev–Trinajstić information content (AvgIpc) is 2.39. The summed E-state index contributed by atoms with van der Waals surface area (Å²) in [5.41, 5.74) is 0.488. The maximum Gasteiger partial charge on any atom is 0.411 e. The van der Waals surface area contributed by atoms with Gasteiger partial charge in [0, 0.05) is 10.7 Å². The lowest BCUT2D eigenvalue weighted by Crippen LogP contribution is -2.24. The number of carbonyl (C=O) groups excluding carboxylic acids is 1. The van der Waals surface area contributed by atoms with Gasteiger partial charge in [0.05, 0.1) is 19.3 Å². The SMILES string of the molecule is N#C[C@@H](COC(=O)Nc1cccc(Cl)c1)OCCO. The van der Waals surface area contributed by atoms with Gasteiger partial charge in [0.15, 0.2) is 6.10 Å². The average molecular weight is 285 g/mol. The fourth-order valence-corrected chi connectivity index (χ4v) is 1.38. The Hall–Kier alpha value is -1.81. The molecule has 1 rings (SSSR count). The Morgan fingerprint density at radius 3 is 3.00 bits per heavy atom. The lowest BCUT2D eigenvalue weighted by Gasteiger charge is -2.11. The van der Waals surface area contributed by atoms with Gasteiger partial charge in [0.2, 0.25) is 0 Å². The van der Waals surface area contributed by atoms with Crippen LogP contribution in [0.2, 0.25) is 5.02 Å². The number of amides is 1. The van der Waals surface area contributed by atoms with E-state index < -0.39 is 12.2 Å². The molecule has 0 spiro atoms. The Balaban J connectivity index is 2.37. The van der Waals surface area contributed by atoms with E-state index in [-0.39, 0.29) is 19.8 Å². The topological polar surface area (TPSA) is 91.6 Å². The van der Waals surface area contributed by atoms with Gasteiger partial charge in [0.1, 0.15) is 6.61 Å². The number of aliphatic hydroxyl groups excluding tert-OH is 1. The van der Waals surface area contributed by atoms with E-state index in [0.717, 1.165) is 0 Å². The van der Waals surface area contributed by atoms with Crippen LogP contribution in [0.25, 0.3) is 0 Å². The second kappa shape index (κ2) is 8.32. The number of hydrogen-bond donors (Lipinski definition) is 2. The molecule has 0 unspecified atom stereocenters. The molecular weight excluding hydrogens is 272 g/mol. The van der Waals surface area contributed by atoms with Crippen molar-refractivity contribution in [3.8, 4) is 6.07 Å². The summed E-state index contributed by atoms with van der Waals surface area (Å²) in [6.45, 7) is -0.409. The van der Waals surface area contributed by atoms with E-state index in [1.54, 1.807) is 30.3 Å². The Kier molecular flexibility index (Phi) is 6.68. The number of hydrogen-bond acceptors (Lipinski definition) is 5. The van der Waals surface area contributed by atoms with Crippen molar-refractivity contribution >= 4 is 23.4 Å². The van der Waals surface area contributed by atoms with E-state index in [9.17, 15) is 4.79 Å². The van der Waals surface area contributed by atoms with Crippen molar-refractivity contribution in [3.63, 3.8) is 0 Å². The van der Waals surface area contributed by atoms with Crippen molar-refractivity contribution in [2.24, 2.45) is 0 Å². The highest BCUT2D eigenvalue weighted by Crippen LogP contribution is 2.14. The van der Waals surface area contributed by atoms with Crippen molar-refractivity contribution in [2.45, 2.75) is 6.10 Å². The molecule has 0 saturated heterocycles. The molecule has 7 heteroatoms. The highest BCUT2D eigenvalue weighted by molar-refractivity contribution is 6.30. The molecule has 0 radical (unpaired) electrons. The van der Waals surface area contributed by atoms with Crippen LogP contribution in [0.3, 0.4) is 0 Å². The minimum absolute atomic E-state index is 0.0114. The second-order valence-electron chi connectivity index (χ2n) is 3.45. The molecule has 1 amide bonds. The maximum atomic E-state index is 11.4. The Bertz CT molecular complexity index is 461. The first-order valence-corrected chi connectivity index (χ1v) is 5.85. The van der Waals surface area contributed by atoms with E-state index in [2.05, 4.69) is 5.32 Å². The van der Waals surface area contributed by atoms with Gasteiger partial charge in [-0.2, -0.15) is 5.26 Å². The predicted molar refractivity (Wildman–Crippen MR) is 68.9 cm³/mol. The molecule has 0 aliphatic carbocycles. The third-order valence-corrected chi connectivity index (χ3v) is 2.23. The third-order valence-electron chi connectivity index (χ3n) is 1.99. The summed E-state index contributed by atoms with van der Waals surface area (Å²) in [7, 11) is 0. The molecule has 1 aromatic carbocycles. The van der Waals surface area contributed by atoms with Crippen LogP contribution < -0.4 is 5.32 Å². The molecule has 102 valence electrons. The fourth-order valence-electron chi connectivity index (χ4n) is 1.19. The van der Waals surface area contributed by atoms with Crippen LogP contribution in [0.15, 0.2) is 24.3 Å². The first-order chi connectivity index (χ1) is 9.15. The zero-order valence-corrected chi connectivity index (χ0v) is 10.8. The quantitative estimate of drug-likeness (QED) is 0.831. The van der Waals surface area contributed by atoms with Crippen LogP contribution in [0, 0.1) is 11.3 Å². The van der Waals surface area contributed by atoms with Crippen molar-refractivity contribution in [1.29, 1.82) is 5.26 Å². The zero-order chi connectivity index (χ0) is 14.1. The highest BCUT2D eigenvalue weighted by Gasteiger charge is 2.11. The zero-order valence-electron chi connectivity index (χ0n) is 10.0. The number of halogens is 1. The standard InChI is InChI=1S/C12H13ClN2O4/c13-9-2-1-3-10(6-9)15-12(17)19-8-11(7-14)18-5-4-16/h1-3,6,11,16H,4-5,8H2,(H,15,17)/t11-/m0/s1. The number of aliphatic hydroxyl groups is 1. The summed E-state index contributed by atoms with van der Waals surface area (Å²) in [6, 6.07) is 8.37. The summed E-state index contributed by atoms with van der Waals surface area (Å²) in [6.07, 6.45) is -1.62. The minimum atomic E-state index is -0.905. The Morgan fingerprint density at radius 1 is 1.58 bits per heavy atom. The van der Waals surface area contributed by atoms with Gasteiger partial charge in [-0.15, -0.1) is 0 Å². The van der Waals surface area contributed by atoms with E-state index in [4.69, 9.17) is 31.4 Å². The van der Waals surface area contributed by atoms with Gasteiger partial charge in [-0.3, -0.25) is 5.32 Å². The van der Waals surface area contributed by atoms with Crippen LogP contribution in [0.5, 0.6) is 0 Å². The molecule has 6 nitrogen and oxygen atoms in total. The molecule has 19 heavy (non-hydrogen) atoms. The highest BCUT2D eigenvalue weighted by atomic mass is 35.5. The second-order valence-corrected chi connectivity index (χ2v) is 3.88. The number of nitrogens with one attached hydrogen (secondary N) is 1. The first-order valence-electron chi connectivity index (χ1n) is 5.47. The fraction of sp³-hybridized carbons (Fsp3) is 0.333. The largest absolute Gasteiger partial charge is 0.445 e. The maximum absolute atomic E-state index is 11.4. The Labute approximate surface area is 115 Å². The molecule has 0 fully saturated rings. The number of anilines is 1. The molecule has 0 aliphatic heterocycles. The molecule has 0 bridgehead atoms. The van der Waals surface area contributed by atoms with Crippen LogP contribution >= 0.6 is 11.6 Å². The van der Waals surface area contributed by atoms with Crippen molar-refractivity contribution in [1.82, 2.24) is 0 Å². The third kappa shape index (κ3) is 6.06. The van der Waals surface area contributed by atoms with Crippen LogP contribution in [0.4, 0.5) is 10.5 Å². The molecule has 0 saturated carbocycles. The molecule has 1 aromatic rings. The Morgan fingerprint density at radius 2 is 2.37 bits per heavy atom. The lowest BCUT2D eigenvalue weighted by atomic mass is 10.3. The number of carbonyl (C=O) groups is 1. The van der Waals surface area contributed by atoms with Crippen molar-refractivity contribution in [2.75, 3.05) is 25.1 Å². The summed E-state index contributed by atoms with van der Waals surface area (Å²) >= 11 is 5.76. The molecule has 2 N–H and O–H groups in total. The minimum Gasteiger partial charge on any atom is -0.445 e. The summed E-state index contributed by atoms with van der Waals surface area (Å²) in [4.78, 5) is 11.4. The smallest absolute Gasteiger partial charge is 0.411 e. The van der Waals surface area contributed by atoms with Crippen molar-refractivity contribution < 1.29 is 19.4 Å². The van der Waals surface area contributed by atoms with Crippen molar-refractivity contribution in [3.05, 3.63) is 29.3 Å². The van der Waals surface area contributed by atoms with E-state index >= 15 is 0 Å². The molecule has 0 aliphatic rings. The van der Waals surface area contributed by atoms with Gasteiger partial charge in [-0.1, -0.05) is 17.7 Å². The van der Waals surface area contributed by atoms with Gasteiger partial charge in [-0.25, -0.2) is 4.79 Å². The van der Waals surface area contributed by atoms with Gasteiger partial charge in [-0.05, 0) is 18.2 Å². The lowest BCUT2D eigenvalue weighted by molar-refractivity contribution is 0.0217. The predicted octanol–water partition coefficient (Wildman–Crippen LogP) is 1.79. The van der Waals surface area contributed by atoms with Crippen LogP contribution in [0.1, 0.15) is 0 Å². The summed E-state index contributed by atoms with van der Waals surface area (Å²) in [5, 5.41) is 20.2. The first kappa shape index (κ1) is 15.2. The monoisotopic (exact) mass is 284 g/mol. The normalized spacial score (nSPS) is 11.4. The van der Waals surface area contributed by atoms with Gasteiger partial charge in [0.25, 0.3) is 0 Å². The van der Waals surface area contributed by atoms with Gasteiger partial charge < -0.3 is 14.6 Å². The summed E-state index contributed by atoms with van der Waals surface area (Å²) < 4.78 is 9.74. The molecular formula is C12H13ClN2O4. The van der Waals surface area contributed by atoms with Crippen LogP contribution in [-0.2, 0) is 9.47 Å². The van der Waals surface area contributed by atoms with E-state index in [1.165, 1.54) is 0 Å². The number of ether oxygens (including phenoxy) is 2. The number of benzene rings is 1. The number of nitriles is 1. The number of nitrogens with zero attached hydrogens (tertiary/aromatic N) is 1. The summed E-state index contributed by atoms with van der Waals surface area (Å²) in [5.74, 6) is 0. The molecule has 0 heterocycles. The van der Waals surface area contributed by atoms with E-state index in [1.807, 2.05) is 0 Å². The van der Waals surface area contributed by atoms with Crippen LogP contribution in [-0.4, -0.2) is 37.1 Å². The molecule has 1 atom stereocenters. The number of rotatable bonds is 6.